The lowest BCUT2D eigenvalue weighted by atomic mass is 10.1. The zero-order chi connectivity index (χ0) is 27.1. The van der Waals surface area contributed by atoms with Crippen LogP contribution in [0.4, 0.5) is 17.2 Å². The van der Waals surface area contributed by atoms with Crippen molar-refractivity contribution in [3.05, 3.63) is 59.3 Å². The molecule has 12 heteroatoms. The summed E-state index contributed by atoms with van der Waals surface area (Å²) in [4.78, 5) is 32.4. The van der Waals surface area contributed by atoms with Crippen molar-refractivity contribution in [2.75, 3.05) is 30.1 Å². The maximum Gasteiger partial charge on any atom is 0.259 e. The first kappa shape index (κ1) is 25.3. The molecule has 1 aliphatic carbocycles. The molecule has 1 amide bonds. The van der Waals surface area contributed by atoms with Gasteiger partial charge >= 0.3 is 0 Å². The van der Waals surface area contributed by atoms with Gasteiger partial charge in [0.05, 0.1) is 39.4 Å². The van der Waals surface area contributed by atoms with Gasteiger partial charge in [0.1, 0.15) is 5.82 Å². The molecular formula is C27H28N6O5S. The van der Waals surface area contributed by atoms with Crippen LogP contribution in [-0.2, 0) is 19.4 Å². The maximum atomic E-state index is 13.2. The average molecular weight is 549 g/mol. The lowest BCUT2D eigenvalue weighted by Gasteiger charge is -2.22. The van der Waals surface area contributed by atoms with E-state index in [1.807, 2.05) is 10.9 Å². The van der Waals surface area contributed by atoms with Crippen LogP contribution >= 0.6 is 0 Å². The van der Waals surface area contributed by atoms with Crippen LogP contribution in [0.2, 0.25) is 0 Å². The molecular weight excluding hydrogens is 520 g/mol. The number of rotatable bonds is 7. The smallest absolute Gasteiger partial charge is 0.259 e. The minimum atomic E-state index is -3.73. The minimum absolute atomic E-state index is 0.0337. The summed E-state index contributed by atoms with van der Waals surface area (Å²) in [5, 5.41) is 10.7. The molecule has 1 aromatic carbocycles. The number of fused-ring (bicyclic) bond motifs is 1. The summed E-state index contributed by atoms with van der Waals surface area (Å²) in [5.41, 5.74) is 1.76. The molecule has 4 aromatic rings. The second-order valence-electron chi connectivity index (χ2n) is 10.0. The number of nitrogens with zero attached hydrogens (tertiary/aromatic N) is 3. The van der Waals surface area contributed by atoms with Crippen molar-refractivity contribution in [3.63, 3.8) is 0 Å². The second kappa shape index (κ2) is 9.93. The highest BCUT2D eigenvalue weighted by atomic mass is 32.2. The van der Waals surface area contributed by atoms with Crippen LogP contribution < -0.4 is 16.2 Å². The van der Waals surface area contributed by atoms with Crippen molar-refractivity contribution in [1.29, 1.82) is 0 Å². The zero-order valence-electron chi connectivity index (χ0n) is 21.3. The quantitative estimate of drug-likeness (QED) is 0.317. The molecule has 0 unspecified atom stereocenters. The molecule has 0 spiro atoms. The van der Waals surface area contributed by atoms with E-state index in [1.54, 1.807) is 36.5 Å². The summed E-state index contributed by atoms with van der Waals surface area (Å²) in [6.07, 6.45) is 9.50. The van der Waals surface area contributed by atoms with Crippen LogP contribution in [0.5, 0.6) is 0 Å². The number of carbonyl (C=O) groups excluding carboxylic acids is 1. The van der Waals surface area contributed by atoms with E-state index in [-0.39, 0.29) is 34.0 Å². The molecule has 0 radical (unpaired) electrons. The van der Waals surface area contributed by atoms with E-state index in [2.05, 4.69) is 25.7 Å². The molecule has 6 rings (SSSR count). The number of aromatic nitrogens is 4. The number of sulfone groups is 1. The van der Waals surface area contributed by atoms with Gasteiger partial charge in [-0.3, -0.25) is 14.3 Å². The Morgan fingerprint density at radius 3 is 2.67 bits per heavy atom. The second-order valence-corrected chi connectivity index (χ2v) is 12.0. The van der Waals surface area contributed by atoms with Gasteiger partial charge in [-0.1, -0.05) is 12.1 Å². The highest BCUT2D eigenvalue weighted by Gasteiger charge is 2.30. The Kier molecular flexibility index (Phi) is 6.43. The van der Waals surface area contributed by atoms with Crippen LogP contribution in [0.25, 0.3) is 22.0 Å². The Morgan fingerprint density at radius 1 is 1.13 bits per heavy atom. The average Bonchev–Trinajstić information content (AvgIpc) is 3.65. The lowest BCUT2D eigenvalue weighted by Crippen LogP contribution is -2.19. The number of pyridine rings is 2. The third-order valence-corrected chi connectivity index (χ3v) is 8.24. The summed E-state index contributed by atoms with van der Waals surface area (Å²) < 4.78 is 33.6. The van der Waals surface area contributed by atoms with Crippen LogP contribution in [0, 0.1) is 5.92 Å². The standard InChI is InChI=1S/C27H28N6O5S/c1-39(36,37)25-19(17-14-29-33(15-17)18-8-11-38-12-9-18)3-2-4-21(25)30-22-13-23(32-26(34)16-5-6-16)31-20-7-10-28-27(35)24(20)22/h2-4,7,10,13-16,18H,5-6,8-9,11-12H2,1H3,(H,28,35)(H2,30,31,32,34). The number of hydrogen-bond donors (Lipinski definition) is 3. The molecule has 2 fully saturated rings. The first-order valence-electron chi connectivity index (χ1n) is 12.8. The van der Waals surface area contributed by atoms with Crippen LogP contribution in [-0.4, -0.2) is 53.5 Å². The highest BCUT2D eigenvalue weighted by molar-refractivity contribution is 7.91. The van der Waals surface area contributed by atoms with Crippen molar-refractivity contribution >= 4 is 43.8 Å². The van der Waals surface area contributed by atoms with Gasteiger partial charge in [0, 0.05) is 55.0 Å². The number of nitrogens with one attached hydrogen (secondary N) is 3. The monoisotopic (exact) mass is 548 g/mol. The van der Waals surface area contributed by atoms with E-state index in [0.717, 1.165) is 31.9 Å². The molecule has 2 aliphatic rings. The third kappa shape index (κ3) is 5.17. The van der Waals surface area contributed by atoms with E-state index in [9.17, 15) is 18.0 Å². The van der Waals surface area contributed by atoms with Crippen LogP contribution in [0.3, 0.4) is 0 Å². The lowest BCUT2D eigenvalue weighted by molar-refractivity contribution is -0.117. The summed E-state index contributed by atoms with van der Waals surface area (Å²) in [7, 11) is -3.73. The fourth-order valence-electron chi connectivity index (χ4n) is 4.96. The molecule has 0 bridgehead atoms. The van der Waals surface area contributed by atoms with Gasteiger partial charge in [0.15, 0.2) is 9.84 Å². The number of ether oxygens (including phenoxy) is 1. The van der Waals surface area contributed by atoms with Crippen LogP contribution in [0.1, 0.15) is 31.7 Å². The molecule has 3 N–H and O–H groups in total. The summed E-state index contributed by atoms with van der Waals surface area (Å²) >= 11 is 0. The first-order chi connectivity index (χ1) is 18.8. The molecule has 0 atom stereocenters. The number of amides is 1. The van der Waals surface area contributed by atoms with Crippen molar-refractivity contribution in [2.24, 2.45) is 5.92 Å². The maximum absolute atomic E-state index is 13.2. The molecule has 3 aromatic heterocycles. The molecule has 1 saturated heterocycles. The van der Waals surface area contributed by atoms with Gasteiger partial charge in [-0.05, 0) is 37.8 Å². The van der Waals surface area contributed by atoms with E-state index < -0.39 is 15.4 Å². The summed E-state index contributed by atoms with van der Waals surface area (Å²) in [5.74, 6) is 0.119. The fourth-order valence-corrected chi connectivity index (χ4v) is 6.07. The number of carbonyl (C=O) groups is 1. The third-order valence-electron chi connectivity index (χ3n) is 7.06. The summed E-state index contributed by atoms with van der Waals surface area (Å²) in [6.45, 7) is 1.33. The Labute approximate surface area is 224 Å². The number of hydrogen-bond acceptors (Lipinski definition) is 8. The normalized spacial score (nSPS) is 16.3. The number of anilines is 3. The van der Waals surface area contributed by atoms with Gasteiger partial charge in [-0.15, -0.1) is 0 Å². The topological polar surface area (TPSA) is 148 Å². The van der Waals surface area contributed by atoms with E-state index in [0.29, 0.717) is 41.2 Å². The van der Waals surface area contributed by atoms with Gasteiger partial charge < -0.3 is 20.4 Å². The van der Waals surface area contributed by atoms with E-state index in [4.69, 9.17) is 4.74 Å². The molecule has 11 nitrogen and oxygen atoms in total. The van der Waals surface area contributed by atoms with Crippen LogP contribution in [0.15, 0.2) is 58.6 Å². The minimum Gasteiger partial charge on any atom is -0.381 e. The molecule has 39 heavy (non-hydrogen) atoms. The van der Waals surface area contributed by atoms with Crippen molar-refractivity contribution in [2.45, 2.75) is 36.6 Å². The largest absolute Gasteiger partial charge is 0.381 e. The zero-order valence-corrected chi connectivity index (χ0v) is 22.1. The van der Waals surface area contributed by atoms with Gasteiger partial charge in [-0.25, -0.2) is 13.4 Å². The molecule has 4 heterocycles. The SMILES string of the molecule is CS(=O)(=O)c1c(Nc2cc(NC(=O)C3CC3)nc3cc[nH]c(=O)c23)cccc1-c1cnn(C2CCOCC2)c1. The van der Waals surface area contributed by atoms with Gasteiger partial charge in [0.2, 0.25) is 5.91 Å². The molecule has 1 saturated carbocycles. The number of H-pyrrole nitrogens is 1. The van der Waals surface area contributed by atoms with Crippen molar-refractivity contribution in [1.82, 2.24) is 19.7 Å². The number of aromatic amines is 1. The predicted octanol–water partition coefficient (Wildman–Crippen LogP) is 3.63. The molecule has 202 valence electrons. The highest BCUT2D eigenvalue weighted by Crippen LogP contribution is 2.37. The van der Waals surface area contributed by atoms with Crippen molar-refractivity contribution in [3.8, 4) is 11.1 Å². The van der Waals surface area contributed by atoms with E-state index in [1.165, 1.54) is 6.20 Å². The first-order valence-corrected chi connectivity index (χ1v) is 14.7. The van der Waals surface area contributed by atoms with Crippen molar-refractivity contribution < 1.29 is 17.9 Å². The van der Waals surface area contributed by atoms with E-state index >= 15 is 0 Å². The Morgan fingerprint density at radius 2 is 1.92 bits per heavy atom. The Bertz CT molecular complexity index is 1740. The predicted molar refractivity (Wildman–Crippen MR) is 147 cm³/mol. The Hall–Kier alpha value is -4.03. The molecule has 1 aliphatic heterocycles. The Balaban J connectivity index is 1.43. The summed E-state index contributed by atoms with van der Waals surface area (Å²) in [6, 6.07) is 8.52. The van der Waals surface area contributed by atoms with Gasteiger partial charge in [0.25, 0.3) is 5.56 Å². The fraction of sp³-hybridized carbons (Fsp3) is 0.333. The van der Waals surface area contributed by atoms with Gasteiger partial charge in [-0.2, -0.15) is 5.10 Å². The number of benzene rings is 1.